The van der Waals surface area contributed by atoms with Crippen molar-refractivity contribution in [1.82, 2.24) is 25.5 Å². The first kappa shape index (κ1) is 26.6. The number of rotatable bonds is 9. The van der Waals surface area contributed by atoms with E-state index < -0.39 is 27.6 Å². The van der Waals surface area contributed by atoms with Crippen LogP contribution in [0, 0.1) is 5.82 Å². The van der Waals surface area contributed by atoms with E-state index in [1.165, 1.54) is 30.5 Å². The molecule has 194 valence electrons. The van der Waals surface area contributed by atoms with Gasteiger partial charge in [-0.3, -0.25) is 0 Å². The van der Waals surface area contributed by atoms with Gasteiger partial charge < -0.3 is 15.5 Å². The largest absolute Gasteiger partial charge is 0.414 e. The van der Waals surface area contributed by atoms with Gasteiger partial charge in [-0.1, -0.05) is 23.7 Å². The highest BCUT2D eigenvalue weighted by atomic mass is 35.5. The maximum absolute atomic E-state index is 14.7. The number of nitrogens with two attached hydrogens (primary N) is 1. The second-order valence-corrected chi connectivity index (χ2v) is 11.2. The van der Waals surface area contributed by atoms with Crippen molar-refractivity contribution in [3.63, 3.8) is 0 Å². The molecule has 0 aliphatic carbocycles. The van der Waals surface area contributed by atoms with Gasteiger partial charge in [-0.05, 0) is 43.7 Å². The fraction of sp³-hybridized carbons (Fsp3) is 0.250. The van der Waals surface area contributed by atoms with Crippen LogP contribution in [0.5, 0.6) is 0 Å². The second-order valence-electron chi connectivity index (χ2n) is 8.32. The van der Waals surface area contributed by atoms with Gasteiger partial charge in [-0.25, -0.2) is 27.2 Å². The summed E-state index contributed by atoms with van der Waals surface area (Å²) in [6, 6.07) is 8.89. The summed E-state index contributed by atoms with van der Waals surface area (Å²) < 4.78 is 57.6. The topological polar surface area (TPSA) is 137 Å². The van der Waals surface area contributed by atoms with E-state index in [0.29, 0.717) is 23.4 Å². The molecule has 0 atom stereocenters. The molecule has 0 spiro atoms. The lowest BCUT2D eigenvalue weighted by molar-refractivity contribution is 0.466. The first-order valence-electron chi connectivity index (χ1n) is 11.2. The molecule has 2 aromatic carbocycles. The highest BCUT2D eigenvalue weighted by molar-refractivity contribution is 7.92. The molecule has 9 nitrogen and oxygen atoms in total. The smallest absolute Gasteiger partial charge is 0.270 e. The molecule has 0 aliphatic heterocycles. The Bertz CT molecular complexity index is 1550. The van der Waals surface area contributed by atoms with Crippen LogP contribution in [0.25, 0.3) is 34.3 Å². The van der Waals surface area contributed by atoms with Crippen LogP contribution in [-0.4, -0.2) is 47.1 Å². The summed E-state index contributed by atoms with van der Waals surface area (Å²) in [7, 11) is -3.57. The van der Waals surface area contributed by atoms with Crippen LogP contribution in [0.15, 0.2) is 51.9 Å². The minimum absolute atomic E-state index is 0.00110. The molecule has 0 bridgehead atoms. The second kappa shape index (κ2) is 10.9. The number of benzene rings is 2. The Morgan fingerprint density at radius 3 is 2.57 bits per heavy atom. The number of nitrogen functional groups attached to an aromatic ring is 1. The summed E-state index contributed by atoms with van der Waals surface area (Å²) in [4.78, 5) is 8.59. The van der Waals surface area contributed by atoms with Gasteiger partial charge in [0.25, 0.3) is 11.8 Å². The number of aromatic nitrogens is 4. The molecule has 4 aromatic rings. The molecule has 0 unspecified atom stereocenters. The summed E-state index contributed by atoms with van der Waals surface area (Å²) in [6.07, 6.45) is 1.40. The highest BCUT2D eigenvalue weighted by Gasteiger charge is 2.23. The van der Waals surface area contributed by atoms with Crippen molar-refractivity contribution in [3.05, 3.63) is 59.0 Å². The van der Waals surface area contributed by atoms with Crippen molar-refractivity contribution < 1.29 is 21.6 Å². The lowest BCUT2D eigenvalue weighted by Crippen LogP contribution is -2.16. The normalized spacial score (nSPS) is 11.8. The number of halogens is 3. The highest BCUT2D eigenvalue weighted by Crippen LogP contribution is 2.32. The minimum atomic E-state index is -3.57. The summed E-state index contributed by atoms with van der Waals surface area (Å²) in [5.74, 6) is -0.763. The van der Waals surface area contributed by atoms with Crippen molar-refractivity contribution in [2.75, 3.05) is 19.0 Å². The molecule has 0 radical (unpaired) electrons. The van der Waals surface area contributed by atoms with E-state index in [1.807, 2.05) is 0 Å². The third-order valence-corrected chi connectivity index (χ3v) is 8.08. The molecule has 2 heterocycles. The first-order chi connectivity index (χ1) is 17.6. The van der Waals surface area contributed by atoms with Gasteiger partial charge in [0.05, 0.1) is 32.6 Å². The van der Waals surface area contributed by atoms with Gasteiger partial charge in [0.1, 0.15) is 12.5 Å². The van der Waals surface area contributed by atoms with Crippen molar-refractivity contribution in [3.8, 4) is 34.3 Å². The van der Waals surface area contributed by atoms with Crippen LogP contribution in [0.1, 0.15) is 19.4 Å². The summed E-state index contributed by atoms with van der Waals surface area (Å²) in [5.41, 5.74) is 7.57. The zero-order valence-corrected chi connectivity index (χ0v) is 21.4. The Kier molecular flexibility index (Phi) is 7.81. The zero-order valence-electron chi connectivity index (χ0n) is 19.9. The van der Waals surface area contributed by atoms with E-state index in [9.17, 15) is 17.2 Å². The molecule has 2 aromatic heterocycles. The van der Waals surface area contributed by atoms with Gasteiger partial charge in [-0.2, -0.15) is 0 Å². The van der Waals surface area contributed by atoms with Crippen LogP contribution in [0.4, 0.5) is 14.6 Å². The number of nitrogens with one attached hydrogen (secondary N) is 1. The lowest BCUT2D eigenvalue weighted by Gasteiger charge is -2.11. The lowest BCUT2D eigenvalue weighted by atomic mass is 10.1. The van der Waals surface area contributed by atoms with Crippen LogP contribution in [0.2, 0.25) is 5.02 Å². The van der Waals surface area contributed by atoms with E-state index in [4.69, 9.17) is 21.8 Å². The zero-order chi connectivity index (χ0) is 26.7. The average Bonchev–Trinajstić information content (AvgIpc) is 3.34. The maximum atomic E-state index is 14.7. The van der Waals surface area contributed by atoms with Crippen LogP contribution in [-0.2, 0) is 16.4 Å². The maximum Gasteiger partial charge on any atom is 0.270 e. The Morgan fingerprint density at radius 2 is 1.89 bits per heavy atom. The monoisotopic (exact) mass is 548 g/mol. The Balaban J connectivity index is 1.63. The fourth-order valence-corrected chi connectivity index (χ4v) is 5.01. The first-order valence-corrected chi connectivity index (χ1v) is 13.1. The summed E-state index contributed by atoms with van der Waals surface area (Å²) in [6.45, 7) is 3.11. The molecule has 3 N–H and O–H groups in total. The molecule has 0 amide bonds. The van der Waals surface area contributed by atoms with E-state index >= 15 is 0 Å². The molecule has 4 rings (SSSR count). The molecule has 0 aliphatic rings. The van der Waals surface area contributed by atoms with Crippen LogP contribution >= 0.6 is 11.6 Å². The SMILES string of the molecule is CC(C)S(=O)(=O)c1ccc(-c2cnc(N)c(-c3nnc(-c4ccc(CNCCF)cc4F)o3)n2)cc1Cl. The molecular weight excluding hydrogens is 526 g/mol. The Labute approximate surface area is 217 Å². The predicted molar refractivity (Wildman–Crippen MR) is 136 cm³/mol. The number of hydrogen-bond acceptors (Lipinski definition) is 9. The average molecular weight is 549 g/mol. The number of alkyl halides is 1. The molecule has 37 heavy (non-hydrogen) atoms. The van der Waals surface area contributed by atoms with E-state index in [2.05, 4.69) is 25.5 Å². The van der Waals surface area contributed by atoms with E-state index in [0.717, 1.165) is 0 Å². The van der Waals surface area contributed by atoms with Crippen molar-refractivity contribution in [1.29, 1.82) is 0 Å². The molecular formula is C24H23ClF2N6O3S. The van der Waals surface area contributed by atoms with Gasteiger partial charge in [0.15, 0.2) is 21.3 Å². The van der Waals surface area contributed by atoms with Gasteiger partial charge >= 0.3 is 0 Å². The third kappa shape index (κ3) is 5.60. The minimum Gasteiger partial charge on any atom is -0.414 e. The Morgan fingerprint density at radius 1 is 1.14 bits per heavy atom. The van der Waals surface area contributed by atoms with Crippen molar-refractivity contribution >= 4 is 27.3 Å². The van der Waals surface area contributed by atoms with Crippen molar-refractivity contribution in [2.45, 2.75) is 30.5 Å². The fourth-order valence-electron chi connectivity index (χ4n) is 3.41. The molecule has 0 saturated heterocycles. The quantitative estimate of drug-likeness (QED) is 0.290. The van der Waals surface area contributed by atoms with Crippen LogP contribution < -0.4 is 11.1 Å². The number of sulfone groups is 1. The van der Waals surface area contributed by atoms with Crippen molar-refractivity contribution in [2.24, 2.45) is 0 Å². The van der Waals surface area contributed by atoms with Crippen LogP contribution in [0.3, 0.4) is 0 Å². The van der Waals surface area contributed by atoms with E-state index in [-0.39, 0.29) is 45.3 Å². The number of hydrogen-bond donors (Lipinski definition) is 2. The molecule has 0 saturated carbocycles. The van der Waals surface area contributed by atoms with Gasteiger partial charge in [0, 0.05) is 18.7 Å². The van der Waals surface area contributed by atoms with Gasteiger partial charge in [-0.15, -0.1) is 10.2 Å². The predicted octanol–water partition coefficient (Wildman–Crippen LogP) is 4.48. The van der Waals surface area contributed by atoms with Gasteiger partial charge in [0.2, 0.25) is 0 Å². The Hall–Kier alpha value is -3.48. The number of anilines is 1. The third-order valence-electron chi connectivity index (χ3n) is 5.45. The summed E-state index contributed by atoms with van der Waals surface area (Å²) in [5, 5.41) is 10.1. The number of nitrogens with zero attached hydrogens (tertiary/aromatic N) is 4. The molecule has 0 fully saturated rings. The summed E-state index contributed by atoms with van der Waals surface area (Å²) >= 11 is 6.28. The molecule has 13 heteroatoms. The van der Waals surface area contributed by atoms with E-state index in [1.54, 1.807) is 26.0 Å². The standard InChI is InChI=1S/C24H23ClF2N6O3S/c1-13(2)37(34,35)20-6-4-15(10-17(20)25)19-12-30-22(28)21(31-19)24-33-32-23(36-24)16-5-3-14(9-18(16)27)11-29-8-7-26/h3-6,9-10,12-13,29H,7-8,11H2,1-2H3,(H2,28,30).